The van der Waals surface area contributed by atoms with E-state index >= 15 is 0 Å². The van der Waals surface area contributed by atoms with E-state index in [0.717, 1.165) is 0 Å². The highest BCUT2D eigenvalue weighted by molar-refractivity contribution is 5.69. The lowest BCUT2D eigenvalue weighted by atomic mass is 9.68. The zero-order valence-electron chi connectivity index (χ0n) is 9.90. The van der Waals surface area contributed by atoms with Crippen LogP contribution in [0, 0.1) is 0 Å². The van der Waals surface area contributed by atoms with Crippen molar-refractivity contribution in [3.63, 3.8) is 0 Å². The van der Waals surface area contributed by atoms with Crippen molar-refractivity contribution in [3.05, 3.63) is 30.1 Å². The van der Waals surface area contributed by atoms with Crippen molar-refractivity contribution in [2.45, 2.75) is 38.1 Å². The predicted molar refractivity (Wildman–Crippen MR) is 62.1 cm³/mol. The Morgan fingerprint density at radius 3 is 2.44 bits per heavy atom. The maximum atomic E-state index is 11.0. The predicted octanol–water partition coefficient (Wildman–Crippen LogP) is 1.55. The third-order valence-corrected chi connectivity index (χ3v) is 3.16. The Bertz CT molecular complexity index is 370. The van der Waals surface area contributed by atoms with Gasteiger partial charge in [0.25, 0.3) is 0 Å². The number of carboxylic acid groups (broad SMARTS) is 1. The Balaban J connectivity index is 3.21. The maximum Gasteiger partial charge on any atom is 0.304 e. The Morgan fingerprint density at radius 1 is 1.44 bits per heavy atom. The average Bonchev–Trinajstić information content (AvgIpc) is 2.16. The Hall–Kier alpha value is -1.42. The van der Waals surface area contributed by atoms with Crippen LogP contribution in [0.5, 0.6) is 0 Å². The number of hydrogen-bond acceptors (Lipinski definition) is 3. The number of carbonyl (C=O) groups is 1. The fraction of sp³-hybridized carbons (Fsp3) is 0.500. The molecule has 4 heteroatoms. The number of rotatable bonds is 4. The Labute approximate surface area is 95.5 Å². The number of nitrogens with two attached hydrogens (primary N) is 1. The van der Waals surface area contributed by atoms with E-state index in [1.54, 1.807) is 12.3 Å². The van der Waals surface area contributed by atoms with Crippen LogP contribution >= 0.6 is 0 Å². The third kappa shape index (κ3) is 2.39. The number of aliphatic carboxylic acids is 1. The van der Waals surface area contributed by atoms with Crippen LogP contribution in [-0.4, -0.2) is 21.6 Å². The molecule has 16 heavy (non-hydrogen) atoms. The molecule has 1 heterocycles. The first-order valence-corrected chi connectivity index (χ1v) is 5.19. The van der Waals surface area contributed by atoms with Crippen LogP contribution in [0.4, 0.5) is 0 Å². The molecule has 1 rings (SSSR count). The van der Waals surface area contributed by atoms with Crippen LogP contribution < -0.4 is 5.73 Å². The summed E-state index contributed by atoms with van der Waals surface area (Å²) in [5.74, 6) is -0.869. The van der Waals surface area contributed by atoms with E-state index in [-0.39, 0.29) is 6.42 Å². The summed E-state index contributed by atoms with van der Waals surface area (Å²) >= 11 is 0. The van der Waals surface area contributed by atoms with Gasteiger partial charge >= 0.3 is 5.97 Å². The minimum absolute atomic E-state index is 0.0342. The fourth-order valence-electron chi connectivity index (χ4n) is 1.64. The number of hydrogen-bond donors (Lipinski definition) is 2. The van der Waals surface area contributed by atoms with E-state index in [1.807, 2.05) is 32.9 Å². The van der Waals surface area contributed by atoms with Gasteiger partial charge in [0.05, 0.1) is 6.42 Å². The first-order valence-electron chi connectivity index (χ1n) is 5.19. The lowest BCUT2D eigenvalue weighted by molar-refractivity contribution is -0.139. The number of nitrogens with zero attached hydrogens (tertiary/aromatic N) is 1. The summed E-state index contributed by atoms with van der Waals surface area (Å²) < 4.78 is 0. The first-order chi connectivity index (χ1) is 7.27. The van der Waals surface area contributed by atoms with E-state index in [9.17, 15) is 4.79 Å². The minimum atomic E-state index is -0.869. The second-order valence-electron chi connectivity index (χ2n) is 4.84. The van der Waals surface area contributed by atoms with E-state index < -0.39 is 16.9 Å². The van der Waals surface area contributed by atoms with Crippen molar-refractivity contribution >= 4 is 5.97 Å². The molecule has 0 spiro atoms. The number of aromatic nitrogens is 1. The zero-order chi connectivity index (χ0) is 12.4. The molecule has 3 N–H and O–H groups in total. The van der Waals surface area contributed by atoms with E-state index in [2.05, 4.69) is 4.98 Å². The average molecular weight is 222 g/mol. The molecule has 0 amide bonds. The monoisotopic (exact) mass is 222 g/mol. The van der Waals surface area contributed by atoms with Gasteiger partial charge in [-0.1, -0.05) is 13.0 Å². The number of carboxylic acids is 1. The molecule has 0 aromatic carbocycles. The SMILES string of the molecule is CC(C)(N)C(C)(CC(=O)O)c1ccccn1. The maximum absolute atomic E-state index is 11.0. The van der Waals surface area contributed by atoms with Crippen molar-refractivity contribution in [1.82, 2.24) is 4.98 Å². The zero-order valence-corrected chi connectivity index (χ0v) is 9.90. The molecule has 1 atom stereocenters. The summed E-state index contributed by atoms with van der Waals surface area (Å²) in [5.41, 5.74) is 5.47. The molecule has 88 valence electrons. The Kier molecular flexibility index (Phi) is 3.33. The van der Waals surface area contributed by atoms with Crippen LogP contribution in [0.15, 0.2) is 24.4 Å². The summed E-state index contributed by atoms with van der Waals surface area (Å²) in [7, 11) is 0. The quantitative estimate of drug-likeness (QED) is 0.810. The van der Waals surface area contributed by atoms with Gasteiger partial charge in [-0.25, -0.2) is 0 Å². The molecule has 0 fully saturated rings. The highest BCUT2D eigenvalue weighted by Crippen LogP contribution is 2.35. The van der Waals surface area contributed by atoms with Gasteiger partial charge in [-0.05, 0) is 26.0 Å². The van der Waals surface area contributed by atoms with Crippen molar-refractivity contribution in [1.29, 1.82) is 0 Å². The summed E-state index contributed by atoms with van der Waals surface area (Å²) in [6.45, 7) is 5.48. The molecule has 0 saturated heterocycles. The molecule has 1 aromatic rings. The molecule has 0 saturated carbocycles. The highest BCUT2D eigenvalue weighted by Gasteiger charge is 2.42. The minimum Gasteiger partial charge on any atom is -0.481 e. The molecular weight excluding hydrogens is 204 g/mol. The molecular formula is C12H18N2O2. The fourth-order valence-corrected chi connectivity index (χ4v) is 1.64. The second-order valence-corrected chi connectivity index (χ2v) is 4.84. The van der Waals surface area contributed by atoms with Gasteiger partial charge in [0, 0.05) is 22.8 Å². The molecule has 0 aliphatic heterocycles. The van der Waals surface area contributed by atoms with Crippen LogP contribution in [0.25, 0.3) is 0 Å². The second kappa shape index (κ2) is 4.22. The standard InChI is InChI=1S/C12H18N2O2/c1-11(2,13)12(3,8-10(15)16)9-6-4-5-7-14-9/h4-7H,8,13H2,1-3H3,(H,15,16). The summed E-state index contributed by atoms with van der Waals surface area (Å²) in [6, 6.07) is 5.46. The molecule has 0 aliphatic rings. The molecule has 0 aliphatic carbocycles. The number of pyridine rings is 1. The van der Waals surface area contributed by atoms with Gasteiger partial charge in [-0.3, -0.25) is 9.78 Å². The van der Waals surface area contributed by atoms with E-state index in [1.165, 1.54) is 0 Å². The molecule has 1 aromatic heterocycles. The third-order valence-electron chi connectivity index (χ3n) is 3.16. The van der Waals surface area contributed by atoms with Gasteiger partial charge in [0.1, 0.15) is 0 Å². The highest BCUT2D eigenvalue weighted by atomic mass is 16.4. The first kappa shape index (κ1) is 12.6. The van der Waals surface area contributed by atoms with Gasteiger partial charge < -0.3 is 10.8 Å². The summed E-state index contributed by atoms with van der Waals surface area (Å²) in [6.07, 6.45) is 1.62. The smallest absolute Gasteiger partial charge is 0.304 e. The topological polar surface area (TPSA) is 76.2 Å². The lowest BCUT2D eigenvalue weighted by Crippen LogP contribution is -2.53. The van der Waals surface area contributed by atoms with E-state index in [4.69, 9.17) is 10.8 Å². The van der Waals surface area contributed by atoms with Gasteiger partial charge in [0.15, 0.2) is 0 Å². The molecule has 0 bridgehead atoms. The summed E-state index contributed by atoms with van der Waals surface area (Å²) in [4.78, 5) is 15.2. The van der Waals surface area contributed by atoms with Gasteiger partial charge in [-0.2, -0.15) is 0 Å². The molecule has 0 radical (unpaired) electrons. The molecule has 1 unspecified atom stereocenters. The molecule has 4 nitrogen and oxygen atoms in total. The van der Waals surface area contributed by atoms with E-state index in [0.29, 0.717) is 5.69 Å². The van der Waals surface area contributed by atoms with Gasteiger partial charge in [-0.15, -0.1) is 0 Å². The van der Waals surface area contributed by atoms with Crippen molar-refractivity contribution < 1.29 is 9.90 Å². The van der Waals surface area contributed by atoms with Crippen LogP contribution in [-0.2, 0) is 10.2 Å². The largest absolute Gasteiger partial charge is 0.481 e. The van der Waals surface area contributed by atoms with Crippen LogP contribution in [0.3, 0.4) is 0 Å². The van der Waals surface area contributed by atoms with Crippen molar-refractivity contribution in [2.24, 2.45) is 5.73 Å². The van der Waals surface area contributed by atoms with Crippen LogP contribution in [0.1, 0.15) is 32.9 Å². The normalized spacial score (nSPS) is 15.5. The van der Waals surface area contributed by atoms with Crippen molar-refractivity contribution in [3.8, 4) is 0 Å². The summed E-state index contributed by atoms with van der Waals surface area (Å²) in [5, 5.41) is 8.99. The van der Waals surface area contributed by atoms with Gasteiger partial charge in [0.2, 0.25) is 0 Å². The lowest BCUT2D eigenvalue weighted by Gasteiger charge is -2.40. The Morgan fingerprint density at radius 2 is 2.06 bits per heavy atom. The van der Waals surface area contributed by atoms with Crippen molar-refractivity contribution in [2.75, 3.05) is 0 Å². The van der Waals surface area contributed by atoms with Crippen LogP contribution in [0.2, 0.25) is 0 Å².